The highest BCUT2D eigenvalue weighted by Crippen LogP contribution is 2.34. The van der Waals surface area contributed by atoms with Gasteiger partial charge in [-0.1, -0.05) is 11.8 Å². The molecular formula is C30H28BF2N2O4S+. The van der Waals surface area contributed by atoms with E-state index in [1.807, 2.05) is 31.5 Å². The summed E-state index contributed by atoms with van der Waals surface area (Å²) in [4.78, 5) is 13.0. The minimum atomic E-state index is -3.32. The molecule has 0 atom stereocenters. The van der Waals surface area contributed by atoms with Crippen molar-refractivity contribution in [3.8, 4) is 11.8 Å². The number of fused-ring (bicyclic) bond motifs is 2. The molecule has 0 radical (unpaired) electrons. The second kappa shape index (κ2) is 10.2. The van der Waals surface area contributed by atoms with Crippen LogP contribution in [0.15, 0.2) is 56.9 Å². The highest BCUT2D eigenvalue weighted by Gasteiger charge is 2.44. The third kappa shape index (κ3) is 5.02. The van der Waals surface area contributed by atoms with Crippen LogP contribution in [0.3, 0.4) is 0 Å². The fraction of sp³-hybridized carbons (Fsp3) is 0.267. The van der Waals surface area contributed by atoms with Gasteiger partial charge in [-0.25, -0.2) is 26.3 Å². The van der Waals surface area contributed by atoms with Crippen LogP contribution >= 0.6 is 0 Å². The number of halogens is 2. The number of benzene rings is 1. The van der Waals surface area contributed by atoms with Gasteiger partial charge in [-0.3, -0.25) is 0 Å². The lowest BCUT2D eigenvalue weighted by Gasteiger charge is -2.12. The Labute approximate surface area is 232 Å². The van der Waals surface area contributed by atoms with Gasteiger partial charge in [0.1, 0.15) is 5.58 Å². The van der Waals surface area contributed by atoms with Gasteiger partial charge in [0.25, 0.3) is 0 Å². The molecule has 0 bridgehead atoms. The Balaban J connectivity index is 1.70. The summed E-state index contributed by atoms with van der Waals surface area (Å²) in [6, 6.07) is 6.90. The van der Waals surface area contributed by atoms with E-state index in [1.165, 1.54) is 0 Å². The van der Waals surface area contributed by atoms with Crippen LogP contribution in [0.25, 0.3) is 22.6 Å². The van der Waals surface area contributed by atoms with Gasteiger partial charge >= 0.3 is 13.0 Å². The van der Waals surface area contributed by atoms with Gasteiger partial charge in [-0.05, 0) is 68.3 Å². The molecule has 0 amide bonds. The maximum Gasteiger partial charge on any atom is 0.934 e. The minimum absolute atomic E-state index is 0.00870. The van der Waals surface area contributed by atoms with E-state index in [9.17, 15) is 21.8 Å². The van der Waals surface area contributed by atoms with Crippen molar-refractivity contribution in [1.29, 1.82) is 0 Å². The van der Waals surface area contributed by atoms with Crippen molar-refractivity contribution in [2.24, 2.45) is 7.05 Å². The molecule has 204 valence electrons. The minimum Gasteiger partial charge on any atom is -0.422 e. The van der Waals surface area contributed by atoms with Gasteiger partial charge in [0.2, 0.25) is 0 Å². The van der Waals surface area contributed by atoms with Gasteiger partial charge in [-0.2, -0.15) is 0 Å². The SMILES string of the molecule is CC1=CC(C)=[N+](B(F)F)/C1=C(/C=C/c1cc2cc3c(cc2oc1=O)C#CCCS(=O)(=O)C3)c1c(C)cc(C)n1C. The van der Waals surface area contributed by atoms with E-state index in [0.29, 0.717) is 44.7 Å². The van der Waals surface area contributed by atoms with E-state index in [-0.39, 0.29) is 23.5 Å². The molecule has 5 rings (SSSR count). The standard InChI is InChI=1S/C30H28BF2N2O4S/c1-18-12-20(3)34(5)28(18)26(29-19(2)13-21(4)35(29)31(32)33)10-9-23-14-24-15-25-17-40(37,38)11-7-6-8-22(25)16-27(24)39-30(23)36/h9-10,12-16H,7,11,17H2,1-5H3/q+1/b10-9+. The second-order valence-electron chi connectivity index (χ2n) is 10.3. The summed E-state index contributed by atoms with van der Waals surface area (Å²) in [6.45, 7) is 7.29. The molecule has 0 saturated heterocycles. The van der Waals surface area contributed by atoms with E-state index in [2.05, 4.69) is 11.8 Å². The van der Waals surface area contributed by atoms with Crippen LogP contribution in [0.1, 0.15) is 53.9 Å². The van der Waals surface area contributed by atoms with Crippen LogP contribution in [0.5, 0.6) is 0 Å². The maximum atomic E-state index is 14.2. The predicted octanol–water partition coefficient (Wildman–Crippen LogP) is 5.20. The lowest BCUT2D eigenvalue weighted by atomic mass is 9.99. The van der Waals surface area contributed by atoms with E-state index < -0.39 is 22.9 Å². The molecule has 0 N–H and O–H groups in total. The van der Waals surface area contributed by atoms with E-state index in [4.69, 9.17) is 4.42 Å². The molecule has 0 fully saturated rings. The van der Waals surface area contributed by atoms with Gasteiger partial charge in [0.15, 0.2) is 21.2 Å². The normalized spacial score (nSPS) is 17.8. The molecule has 2 aromatic heterocycles. The summed E-state index contributed by atoms with van der Waals surface area (Å²) in [5.74, 6) is 5.69. The fourth-order valence-electron chi connectivity index (χ4n) is 5.42. The Bertz CT molecular complexity index is 1950. The summed E-state index contributed by atoms with van der Waals surface area (Å²) >= 11 is 0. The molecule has 2 aliphatic heterocycles. The summed E-state index contributed by atoms with van der Waals surface area (Å²) in [6.07, 6.45) is 5.20. The highest BCUT2D eigenvalue weighted by molar-refractivity contribution is 7.90. The second-order valence-corrected chi connectivity index (χ2v) is 12.5. The number of aryl methyl sites for hydroxylation is 2. The first-order valence-corrected chi connectivity index (χ1v) is 14.6. The molecule has 0 aliphatic carbocycles. The van der Waals surface area contributed by atoms with Crippen molar-refractivity contribution in [3.05, 3.63) is 91.7 Å². The molecule has 4 heterocycles. The zero-order chi connectivity index (χ0) is 28.9. The maximum absolute atomic E-state index is 14.2. The Kier molecular flexibility index (Phi) is 7.05. The first-order valence-electron chi connectivity index (χ1n) is 12.8. The molecule has 0 spiro atoms. The number of rotatable bonds is 4. The van der Waals surface area contributed by atoms with Crippen molar-refractivity contribution in [2.45, 2.75) is 39.9 Å². The molecule has 6 nitrogen and oxygen atoms in total. The summed E-state index contributed by atoms with van der Waals surface area (Å²) in [7, 11) is -4.20. The topological polar surface area (TPSA) is 72.3 Å². The summed E-state index contributed by atoms with van der Waals surface area (Å²) < 4.78 is 61.9. The summed E-state index contributed by atoms with van der Waals surface area (Å²) in [5, 5.41) is 0.547. The van der Waals surface area contributed by atoms with Crippen LogP contribution in [0, 0.1) is 25.7 Å². The monoisotopic (exact) mass is 561 g/mol. The average Bonchev–Trinajstić information content (AvgIpc) is 3.29. The highest BCUT2D eigenvalue weighted by atomic mass is 32.2. The Hall–Kier alpha value is -3.97. The van der Waals surface area contributed by atoms with E-state index >= 15 is 0 Å². The van der Waals surface area contributed by atoms with Crippen LogP contribution in [0.4, 0.5) is 8.63 Å². The third-order valence-electron chi connectivity index (χ3n) is 7.34. The predicted molar refractivity (Wildman–Crippen MR) is 155 cm³/mol. The molecule has 2 aliphatic rings. The zero-order valence-electron chi connectivity index (χ0n) is 22.9. The largest absolute Gasteiger partial charge is 0.934 e. The number of allylic oxidation sites excluding steroid dienone is 4. The zero-order valence-corrected chi connectivity index (χ0v) is 23.7. The van der Waals surface area contributed by atoms with Crippen molar-refractivity contribution in [2.75, 3.05) is 5.75 Å². The van der Waals surface area contributed by atoms with Gasteiger partial charge in [0.05, 0.1) is 28.3 Å². The number of nitrogens with zero attached hydrogens (tertiary/aromatic N) is 2. The van der Waals surface area contributed by atoms with Crippen LogP contribution < -0.4 is 5.63 Å². The lowest BCUT2D eigenvalue weighted by molar-refractivity contribution is -0.343. The van der Waals surface area contributed by atoms with E-state index in [1.54, 1.807) is 50.3 Å². The Morgan fingerprint density at radius 3 is 2.58 bits per heavy atom. The first-order chi connectivity index (χ1) is 18.9. The number of hydrogen-bond acceptors (Lipinski definition) is 4. The van der Waals surface area contributed by atoms with Gasteiger partial charge in [-0.15, -0.1) is 0 Å². The molecule has 3 aromatic rings. The van der Waals surface area contributed by atoms with Crippen molar-refractivity contribution in [1.82, 2.24) is 4.57 Å². The first kappa shape index (κ1) is 27.6. The van der Waals surface area contributed by atoms with Crippen LogP contribution in [0.2, 0.25) is 0 Å². The lowest BCUT2D eigenvalue weighted by Crippen LogP contribution is -2.25. The van der Waals surface area contributed by atoms with Gasteiger partial charge < -0.3 is 8.98 Å². The quantitative estimate of drug-likeness (QED) is 0.250. The molecule has 0 unspecified atom stereocenters. The number of hydrogen-bond donors (Lipinski definition) is 0. The van der Waals surface area contributed by atoms with Crippen molar-refractivity contribution < 1.29 is 26.0 Å². The van der Waals surface area contributed by atoms with Crippen molar-refractivity contribution >= 4 is 45.6 Å². The molecular weight excluding hydrogens is 533 g/mol. The van der Waals surface area contributed by atoms with Crippen molar-refractivity contribution in [3.63, 3.8) is 0 Å². The molecule has 10 heteroatoms. The number of sulfone groups is 1. The Morgan fingerprint density at radius 2 is 1.90 bits per heavy atom. The smallest absolute Gasteiger partial charge is 0.422 e. The van der Waals surface area contributed by atoms with E-state index in [0.717, 1.165) is 21.4 Å². The average molecular weight is 561 g/mol. The summed E-state index contributed by atoms with van der Waals surface area (Å²) in [5.41, 5.74) is 5.60. The van der Waals surface area contributed by atoms with Gasteiger partial charge in [0, 0.05) is 48.7 Å². The van der Waals surface area contributed by atoms with Crippen LogP contribution in [-0.2, 0) is 22.6 Å². The fourth-order valence-corrected chi connectivity index (χ4v) is 6.69. The molecule has 0 saturated carbocycles. The number of aromatic nitrogens is 1. The van der Waals surface area contributed by atoms with Crippen LogP contribution in [-0.4, -0.2) is 36.3 Å². The third-order valence-corrected chi connectivity index (χ3v) is 8.92. The molecule has 1 aromatic carbocycles. The molecule has 40 heavy (non-hydrogen) atoms. The Morgan fingerprint density at radius 1 is 1.15 bits per heavy atom.